The monoisotopic (exact) mass is 291 g/mol. The van der Waals surface area contributed by atoms with Crippen LogP contribution in [-0.2, 0) is 9.59 Å². The van der Waals surface area contributed by atoms with Crippen LogP contribution in [-0.4, -0.2) is 22.8 Å². The van der Waals surface area contributed by atoms with E-state index in [-0.39, 0.29) is 11.8 Å². The van der Waals surface area contributed by atoms with Crippen LogP contribution < -0.4 is 10.6 Å². The van der Waals surface area contributed by atoms with Crippen LogP contribution in [0.25, 0.3) is 10.2 Å². The molecule has 20 heavy (non-hydrogen) atoms. The second-order valence-electron chi connectivity index (χ2n) is 4.57. The van der Waals surface area contributed by atoms with E-state index in [9.17, 15) is 9.59 Å². The molecule has 0 aliphatic heterocycles. The molecular weight excluding hydrogens is 274 g/mol. The molecule has 1 heterocycles. The summed E-state index contributed by atoms with van der Waals surface area (Å²) in [4.78, 5) is 27.5. The molecule has 0 aliphatic carbocycles. The van der Waals surface area contributed by atoms with E-state index in [0.29, 0.717) is 12.1 Å². The molecule has 2 amide bonds. The zero-order chi connectivity index (χ0) is 14.5. The van der Waals surface area contributed by atoms with Crippen LogP contribution in [0, 0.1) is 0 Å². The number of anilines is 1. The standard InChI is InChI=1S/C14H17N3O2S/c1-3-4-11(16-9(2)18)14(19)17-10-5-6-13-12(7-10)15-8-20-13/h5-8,11H,3-4H2,1-2H3,(H,16,18)(H,17,19). The topological polar surface area (TPSA) is 71.1 Å². The first-order valence-electron chi connectivity index (χ1n) is 6.51. The normalized spacial score (nSPS) is 12.1. The molecule has 2 rings (SSSR count). The summed E-state index contributed by atoms with van der Waals surface area (Å²) in [6.45, 7) is 3.39. The SMILES string of the molecule is CCCC(NC(C)=O)C(=O)Nc1ccc2scnc2c1. The largest absolute Gasteiger partial charge is 0.345 e. The van der Waals surface area contributed by atoms with Gasteiger partial charge in [0.25, 0.3) is 0 Å². The van der Waals surface area contributed by atoms with Gasteiger partial charge in [0, 0.05) is 12.6 Å². The van der Waals surface area contributed by atoms with Crippen molar-refractivity contribution in [3.8, 4) is 0 Å². The van der Waals surface area contributed by atoms with E-state index in [4.69, 9.17) is 0 Å². The third kappa shape index (κ3) is 3.54. The van der Waals surface area contributed by atoms with Gasteiger partial charge in [-0.15, -0.1) is 11.3 Å². The number of hydrogen-bond acceptors (Lipinski definition) is 4. The molecule has 106 valence electrons. The highest BCUT2D eigenvalue weighted by Gasteiger charge is 2.18. The number of thiazole rings is 1. The summed E-state index contributed by atoms with van der Waals surface area (Å²) in [6.07, 6.45) is 1.44. The van der Waals surface area contributed by atoms with Crippen molar-refractivity contribution < 1.29 is 9.59 Å². The van der Waals surface area contributed by atoms with Crippen LogP contribution in [0.2, 0.25) is 0 Å². The van der Waals surface area contributed by atoms with Crippen LogP contribution in [0.5, 0.6) is 0 Å². The molecule has 1 unspecified atom stereocenters. The Labute approximate surface area is 121 Å². The summed E-state index contributed by atoms with van der Waals surface area (Å²) >= 11 is 1.56. The highest BCUT2D eigenvalue weighted by atomic mass is 32.1. The van der Waals surface area contributed by atoms with Crippen molar-refractivity contribution in [2.45, 2.75) is 32.7 Å². The fourth-order valence-corrected chi connectivity index (χ4v) is 2.63. The molecule has 0 saturated carbocycles. The van der Waals surface area contributed by atoms with Gasteiger partial charge in [0.1, 0.15) is 6.04 Å². The molecule has 5 nitrogen and oxygen atoms in total. The molecule has 0 fully saturated rings. The third-order valence-corrected chi connectivity index (χ3v) is 3.68. The molecule has 0 spiro atoms. The first kappa shape index (κ1) is 14.5. The summed E-state index contributed by atoms with van der Waals surface area (Å²) in [7, 11) is 0. The lowest BCUT2D eigenvalue weighted by Gasteiger charge is -2.16. The van der Waals surface area contributed by atoms with E-state index in [1.54, 1.807) is 16.8 Å². The van der Waals surface area contributed by atoms with Crippen LogP contribution in [0.15, 0.2) is 23.7 Å². The fraction of sp³-hybridized carbons (Fsp3) is 0.357. The molecule has 1 atom stereocenters. The molecule has 6 heteroatoms. The van der Waals surface area contributed by atoms with Gasteiger partial charge in [-0.3, -0.25) is 9.59 Å². The number of nitrogens with one attached hydrogen (secondary N) is 2. The minimum atomic E-state index is -0.497. The number of amides is 2. The predicted molar refractivity (Wildman–Crippen MR) is 80.8 cm³/mol. The Morgan fingerprint density at radius 3 is 2.90 bits per heavy atom. The number of aromatic nitrogens is 1. The van der Waals surface area contributed by atoms with Crippen LogP contribution >= 0.6 is 11.3 Å². The summed E-state index contributed by atoms with van der Waals surface area (Å²) in [6, 6.07) is 5.11. The molecule has 0 saturated heterocycles. The first-order valence-corrected chi connectivity index (χ1v) is 7.39. The van der Waals surface area contributed by atoms with E-state index in [1.807, 2.05) is 25.1 Å². The number of benzene rings is 1. The van der Waals surface area contributed by atoms with Gasteiger partial charge in [-0.05, 0) is 24.6 Å². The second kappa shape index (κ2) is 6.47. The maximum absolute atomic E-state index is 12.2. The minimum absolute atomic E-state index is 0.198. The maximum atomic E-state index is 12.2. The lowest BCUT2D eigenvalue weighted by molar-refractivity contribution is -0.125. The zero-order valence-corrected chi connectivity index (χ0v) is 12.3. The van der Waals surface area contributed by atoms with Crippen LogP contribution in [0.3, 0.4) is 0 Å². The van der Waals surface area contributed by atoms with Gasteiger partial charge in [0.05, 0.1) is 15.7 Å². The predicted octanol–water partition coefficient (Wildman–Crippen LogP) is 2.54. The summed E-state index contributed by atoms with van der Waals surface area (Å²) in [5.41, 5.74) is 3.33. The second-order valence-corrected chi connectivity index (χ2v) is 5.45. The van der Waals surface area contributed by atoms with Crippen molar-refractivity contribution in [1.29, 1.82) is 0 Å². The molecule has 0 bridgehead atoms. The Morgan fingerprint density at radius 1 is 1.40 bits per heavy atom. The minimum Gasteiger partial charge on any atom is -0.345 e. The van der Waals surface area contributed by atoms with E-state index in [2.05, 4.69) is 15.6 Å². The van der Waals surface area contributed by atoms with Gasteiger partial charge in [-0.1, -0.05) is 13.3 Å². The van der Waals surface area contributed by atoms with E-state index in [1.165, 1.54) is 6.92 Å². The number of carbonyl (C=O) groups excluding carboxylic acids is 2. The number of nitrogens with zero attached hydrogens (tertiary/aromatic N) is 1. The van der Waals surface area contributed by atoms with Crippen molar-refractivity contribution in [1.82, 2.24) is 10.3 Å². The Bertz CT molecular complexity index is 624. The fourth-order valence-electron chi connectivity index (χ4n) is 1.97. The summed E-state index contributed by atoms with van der Waals surface area (Å²) in [5, 5.41) is 5.49. The highest BCUT2D eigenvalue weighted by Crippen LogP contribution is 2.21. The van der Waals surface area contributed by atoms with Crippen molar-refractivity contribution in [2.75, 3.05) is 5.32 Å². The smallest absolute Gasteiger partial charge is 0.246 e. The van der Waals surface area contributed by atoms with Gasteiger partial charge in [-0.2, -0.15) is 0 Å². The van der Waals surface area contributed by atoms with Crippen molar-refractivity contribution in [3.05, 3.63) is 23.7 Å². The van der Waals surface area contributed by atoms with Crippen LogP contribution in [0.1, 0.15) is 26.7 Å². The summed E-state index contributed by atoms with van der Waals surface area (Å²) < 4.78 is 1.08. The van der Waals surface area contributed by atoms with Gasteiger partial charge >= 0.3 is 0 Å². The van der Waals surface area contributed by atoms with Crippen molar-refractivity contribution >= 4 is 39.1 Å². The quantitative estimate of drug-likeness (QED) is 0.889. The lowest BCUT2D eigenvalue weighted by atomic mass is 10.1. The molecule has 0 radical (unpaired) electrons. The highest BCUT2D eigenvalue weighted by molar-refractivity contribution is 7.16. The van der Waals surface area contributed by atoms with Gasteiger partial charge in [-0.25, -0.2) is 4.98 Å². The molecule has 2 aromatic rings. The molecular formula is C14H17N3O2S. The number of carbonyl (C=O) groups is 2. The lowest BCUT2D eigenvalue weighted by Crippen LogP contribution is -2.42. The average Bonchev–Trinajstić information content (AvgIpc) is 2.85. The third-order valence-electron chi connectivity index (χ3n) is 2.87. The van der Waals surface area contributed by atoms with E-state index >= 15 is 0 Å². The molecule has 1 aromatic heterocycles. The Morgan fingerprint density at radius 2 is 2.20 bits per heavy atom. The van der Waals surface area contributed by atoms with Gasteiger partial charge < -0.3 is 10.6 Å². The molecule has 1 aromatic carbocycles. The average molecular weight is 291 g/mol. The summed E-state index contributed by atoms with van der Waals surface area (Å²) in [5.74, 6) is -0.398. The number of hydrogen-bond donors (Lipinski definition) is 2. The van der Waals surface area contributed by atoms with Crippen molar-refractivity contribution in [2.24, 2.45) is 0 Å². The Kier molecular flexibility index (Phi) is 4.68. The van der Waals surface area contributed by atoms with E-state index in [0.717, 1.165) is 16.6 Å². The van der Waals surface area contributed by atoms with Crippen molar-refractivity contribution in [3.63, 3.8) is 0 Å². The Hall–Kier alpha value is -1.95. The maximum Gasteiger partial charge on any atom is 0.246 e. The first-order chi connectivity index (χ1) is 9.60. The zero-order valence-electron chi connectivity index (χ0n) is 11.5. The molecule has 0 aliphatic rings. The van der Waals surface area contributed by atoms with E-state index < -0.39 is 6.04 Å². The number of rotatable bonds is 5. The Balaban J connectivity index is 2.09. The molecule has 2 N–H and O–H groups in total. The van der Waals surface area contributed by atoms with Gasteiger partial charge in [0.2, 0.25) is 11.8 Å². The number of fused-ring (bicyclic) bond motifs is 1. The van der Waals surface area contributed by atoms with Gasteiger partial charge in [0.15, 0.2) is 0 Å². The van der Waals surface area contributed by atoms with Crippen LogP contribution in [0.4, 0.5) is 5.69 Å².